The molecule has 9 nitrogen and oxygen atoms in total. The number of carbonyl (C=O) groups is 3. The molecule has 3 amide bonds. The van der Waals surface area contributed by atoms with Gasteiger partial charge in [-0.1, -0.05) is 5.16 Å². The van der Waals surface area contributed by atoms with E-state index in [9.17, 15) is 14.4 Å². The molecule has 0 aliphatic rings. The summed E-state index contributed by atoms with van der Waals surface area (Å²) in [5.74, 6) is -0.545. The van der Waals surface area contributed by atoms with E-state index in [0.29, 0.717) is 11.7 Å². The quantitative estimate of drug-likeness (QED) is 0.703. The third-order valence-corrected chi connectivity index (χ3v) is 3.81. The van der Waals surface area contributed by atoms with Crippen LogP contribution in [0.5, 0.6) is 0 Å². The van der Waals surface area contributed by atoms with Gasteiger partial charge in [0.05, 0.1) is 6.42 Å². The fourth-order valence-electron chi connectivity index (χ4n) is 1.90. The highest BCUT2D eigenvalue weighted by Gasteiger charge is 2.20. The van der Waals surface area contributed by atoms with E-state index in [-0.39, 0.29) is 18.9 Å². The predicted molar refractivity (Wildman–Crippen MR) is 93.3 cm³/mol. The summed E-state index contributed by atoms with van der Waals surface area (Å²) in [5, 5.41) is 12.2. The van der Waals surface area contributed by atoms with Crippen molar-refractivity contribution in [3.05, 3.63) is 22.7 Å². The molecule has 140 valence electrons. The smallest absolute Gasteiger partial charge is 0.321 e. The van der Waals surface area contributed by atoms with Crippen LogP contribution < -0.4 is 10.6 Å². The Labute approximate surface area is 154 Å². The van der Waals surface area contributed by atoms with E-state index in [1.54, 1.807) is 13.8 Å². The lowest BCUT2D eigenvalue weighted by atomic mass is 10.3. The second-order valence-corrected chi connectivity index (χ2v) is 6.55. The lowest BCUT2D eigenvalue weighted by Gasteiger charge is -2.14. The molecule has 1 atom stereocenters. The van der Waals surface area contributed by atoms with E-state index in [1.165, 1.54) is 18.3 Å². The molecule has 0 fully saturated rings. The first-order valence-corrected chi connectivity index (χ1v) is 8.95. The van der Waals surface area contributed by atoms with Crippen molar-refractivity contribution >= 4 is 29.2 Å². The second kappa shape index (κ2) is 9.09. The molecule has 2 aromatic heterocycles. The number of thiophene rings is 1. The van der Waals surface area contributed by atoms with Gasteiger partial charge in [-0.3, -0.25) is 14.9 Å². The standard InChI is InChI=1S/C16H20N4O5S/c1-9(2)17-16(23)19-15(22)10(3)24-13(21)5-4-12-18-14(20-25-12)11-6-7-26-8-11/h6-10H,4-5H2,1-3H3,(H2,17,19,22,23)/t10-/m0/s1. The summed E-state index contributed by atoms with van der Waals surface area (Å²) in [6.45, 7) is 4.90. The lowest BCUT2D eigenvalue weighted by molar-refractivity contribution is -0.154. The van der Waals surface area contributed by atoms with E-state index >= 15 is 0 Å². The molecule has 26 heavy (non-hydrogen) atoms. The maximum Gasteiger partial charge on any atom is 0.321 e. The van der Waals surface area contributed by atoms with Crippen molar-refractivity contribution in [1.82, 2.24) is 20.8 Å². The predicted octanol–water partition coefficient (Wildman–Crippen LogP) is 1.90. The fourth-order valence-corrected chi connectivity index (χ4v) is 2.53. The topological polar surface area (TPSA) is 123 Å². The molecule has 0 saturated carbocycles. The average Bonchev–Trinajstić information content (AvgIpc) is 3.23. The molecule has 0 aliphatic carbocycles. The summed E-state index contributed by atoms with van der Waals surface area (Å²) < 4.78 is 10.1. The monoisotopic (exact) mass is 380 g/mol. The van der Waals surface area contributed by atoms with Crippen molar-refractivity contribution in [2.45, 2.75) is 45.8 Å². The number of aryl methyl sites for hydroxylation is 1. The van der Waals surface area contributed by atoms with Crippen LogP contribution >= 0.6 is 11.3 Å². The highest BCUT2D eigenvalue weighted by Crippen LogP contribution is 2.19. The summed E-state index contributed by atoms with van der Waals surface area (Å²) in [4.78, 5) is 39.3. The van der Waals surface area contributed by atoms with Gasteiger partial charge in [0.25, 0.3) is 5.91 Å². The average molecular weight is 380 g/mol. The number of aromatic nitrogens is 2. The highest BCUT2D eigenvalue weighted by atomic mass is 32.1. The molecule has 2 heterocycles. The van der Waals surface area contributed by atoms with Gasteiger partial charge in [-0.25, -0.2) is 4.79 Å². The number of esters is 1. The molecule has 0 aliphatic heterocycles. The van der Waals surface area contributed by atoms with Crippen LogP contribution in [0.4, 0.5) is 4.79 Å². The van der Waals surface area contributed by atoms with Crippen LogP contribution in [0.2, 0.25) is 0 Å². The summed E-state index contributed by atoms with van der Waals surface area (Å²) >= 11 is 1.52. The first-order chi connectivity index (χ1) is 12.3. The maximum atomic E-state index is 11.8. The third-order valence-electron chi connectivity index (χ3n) is 3.12. The number of carbonyl (C=O) groups excluding carboxylic acids is 3. The van der Waals surface area contributed by atoms with E-state index in [1.807, 2.05) is 16.8 Å². The van der Waals surface area contributed by atoms with Crippen LogP contribution in [0.1, 0.15) is 33.1 Å². The highest BCUT2D eigenvalue weighted by molar-refractivity contribution is 7.08. The number of rotatable bonds is 7. The van der Waals surface area contributed by atoms with Gasteiger partial charge in [0.15, 0.2) is 6.10 Å². The first kappa shape index (κ1) is 19.6. The molecule has 2 aromatic rings. The van der Waals surface area contributed by atoms with Crippen molar-refractivity contribution in [2.75, 3.05) is 0 Å². The summed E-state index contributed by atoms with van der Waals surface area (Å²) in [6.07, 6.45) is -0.927. The normalized spacial score (nSPS) is 11.8. The number of imide groups is 1. The molecule has 2 N–H and O–H groups in total. The number of urea groups is 1. The zero-order valence-electron chi connectivity index (χ0n) is 14.6. The van der Waals surface area contributed by atoms with Gasteiger partial charge in [0, 0.05) is 23.4 Å². The number of nitrogens with zero attached hydrogens (tertiary/aromatic N) is 2. The van der Waals surface area contributed by atoms with Crippen molar-refractivity contribution < 1.29 is 23.6 Å². The minimum Gasteiger partial charge on any atom is -0.453 e. The van der Waals surface area contributed by atoms with Crippen LogP contribution in [-0.2, 0) is 20.7 Å². The molecular formula is C16H20N4O5S. The van der Waals surface area contributed by atoms with Crippen molar-refractivity contribution in [3.8, 4) is 11.4 Å². The van der Waals surface area contributed by atoms with Gasteiger partial charge < -0.3 is 14.6 Å². The van der Waals surface area contributed by atoms with Gasteiger partial charge in [-0.15, -0.1) is 0 Å². The van der Waals surface area contributed by atoms with Gasteiger partial charge in [-0.2, -0.15) is 16.3 Å². The molecule has 0 radical (unpaired) electrons. The summed E-state index contributed by atoms with van der Waals surface area (Å²) in [7, 11) is 0. The second-order valence-electron chi connectivity index (χ2n) is 5.77. The minimum atomic E-state index is -1.09. The molecule has 0 spiro atoms. The van der Waals surface area contributed by atoms with E-state index < -0.39 is 24.0 Å². The van der Waals surface area contributed by atoms with Gasteiger partial charge >= 0.3 is 12.0 Å². The number of amides is 3. The van der Waals surface area contributed by atoms with Crippen LogP contribution in [0.3, 0.4) is 0 Å². The van der Waals surface area contributed by atoms with Crippen LogP contribution in [0.15, 0.2) is 21.3 Å². The Kier molecular flexibility index (Phi) is 6.84. The SMILES string of the molecule is CC(C)NC(=O)NC(=O)[C@H](C)OC(=O)CCc1nc(-c2ccsc2)no1. The molecular weight excluding hydrogens is 360 g/mol. The molecule has 0 unspecified atom stereocenters. The minimum absolute atomic E-state index is 0.0267. The van der Waals surface area contributed by atoms with Gasteiger partial charge in [-0.05, 0) is 32.2 Å². The van der Waals surface area contributed by atoms with Gasteiger partial charge in [0.1, 0.15) is 0 Å². The van der Waals surface area contributed by atoms with Gasteiger partial charge in [0.2, 0.25) is 11.7 Å². The molecule has 0 aromatic carbocycles. The van der Waals surface area contributed by atoms with Crippen molar-refractivity contribution in [2.24, 2.45) is 0 Å². The van der Waals surface area contributed by atoms with E-state index in [0.717, 1.165) is 5.56 Å². The van der Waals surface area contributed by atoms with Crippen LogP contribution in [-0.4, -0.2) is 40.2 Å². The number of hydrogen-bond acceptors (Lipinski definition) is 8. The number of ether oxygens (including phenoxy) is 1. The van der Waals surface area contributed by atoms with E-state index in [4.69, 9.17) is 9.26 Å². The Balaban J connectivity index is 1.76. The maximum absolute atomic E-state index is 11.8. The fraction of sp³-hybridized carbons (Fsp3) is 0.438. The van der Waals surface area contributed by atoms with Crippen LogP contribution in [0.25, 0.3) is 11.4 Å². The lowest BCUT2D eigenvalue weighted by Crippen LogP contribution is -2.46. The first-order valence-electron chi connectivity index (χ1n) is 8.01. The zero-order valence-corrected chi connectivity index (χ0v) is 15.5. The molecule has 10 heteroatoms. The third kappa shape index (κ3) is 5.96. The number of hydrogen-bond donors (Lipinski definition) is 2. The number of nitrogens with one attached hydrogen (secondary N) is 2. The van der Waals surface area contributed by atoms with Crippen molar-refractivity contribution in [1.29, 1.82) is 0 Å². The molecule has 2 rings (SSSR count). The van der Waals surface area contributed by atoms with Crippen LogP contribution in [0, 0.1) is 0 Å². The zero-order chi connectivity index (χ0) is 19.1. The van der Waals surface area contributed by atoms with Crippen molar-refractivity contribution in [3.63, 3.8) is 0 Å². The Morgan fingerprint density at radius 1 is 1.31 bits per heavy atom. The molecule has 0 bridgehead atoms. The summed E-state index contributed by atoms with van der Waals surface area (Å²) in [5.41, 5.74) is 0.845. The Morgan fingerprint density at radius 3 is 2.73 bits per heavy atom. The largest absolute Gasteiger partial charge is 0.453 e. The summed E-state index contributed by atoms with van der Waals surface area (Å²) in [6, 6.07) is 1.11. The van der Waals surface area contributed by atoms with E-state index in [2.05, 4.69) is 20.8 Å². The Bertz CT molecular complexity index is 757. The Hall–Kier alpha value is -2.75. The Morgan fingerprint density at radius 2 is 2.08 bits per heavy atom. The molecule has 0 saturated heterocycles.